The zero-order valence-corrected chi connectivity index (χ0v) is 11.5. The minimum absolute atomic E-state index is 0.988. The van der Waals surface area contributed by atoms with Crippen LogP contribution in [0.1, 0.15) is 28.1 Å². The molecular weight excluding hydrogens is 240 g/mol. The smallest absolute Gasteiger partial charge is 0.0797 e. The molecule has 18 heavy (non-hydrogen) atoms. The Morgan fingerprint density at radius 3 is 3.00 bits per heavy atom. The van der Waals surface area contributed by atoms with Crippen LogP contribution in [-0.4, -0.2) is 11.5 Å². The van der Waals surface area contributed by atoms with Crippen molar-refractivity contribution in [3.8, 4) is 0 Å². The molecule has 0 atom stereocenters. The summed E-state index contributed by atoms with van der Waals surface area (Å²) in [5.41, 5.74) is 7.45. The van der Waals surface area contributed by atoms with E-state index in [1.807, 2.05) is 5.51 Å². The molecule has 2 aromatic rings. The molecule has 0 saturated carbocycles. The van der Waals surface area contributed by atoms with Gasteiger partial charge in [-0.1, -0.05) is 6.07 Å². The van der Waals surface area contributed by atoms with Crippen molar-refractivity contribution in [3.63, 3.8) is 0 Å². The molecule has 3 heteroatoms. The summed E-state index contributed by atoms with van der Waals surface area (Å²) in [5, 5.41) is 3.52. The minimum atomic E-state index is 0.988. The number of anilines is 1. The molecule has 0 radical (unpaired) electrons. The number of rotatable bonds is 4. The van der Waals surface area contributed by atoms with E-state index in [1.54, 1.807) is 16.9 Å². The highest BCUT2D eigenvalue weighted by atomic mass is 32.1. The van der Waals surface area contributed by atoms with Crippen molar-refractivity contribution in [3.05, 3.63) is 45.4 Å². The van der Waals surface area contributed by atoms with Crippen LogP contribution < -0.4 is 5.32 Å². The van der Waals surface area contributed by atoms with Gasteiger partial charge in [-0.3, -0.25) is 0 Å². The van der Waals surface area contributed by atoms with Crippen LogP contribution in [0.15, 0.2) is 23.7 Å². The normalized spacial score (nSPS) is 13.6. The van der Waals surface area contributed by atoms with Crippen LogP contribution in [0, 0.1) is 6.92 Å². The lowest BCUT2D eigenvalue weighted by Gasteiger charge is -2.08. The fraction of sp³-hybridized carbons (Fsp3) is 0.400. The second kappa shape index (κ2) is 5.11. The van der Waals surface area contributed by atoms with Crippen LogP contribution in [0.4, 0.5) is 5.69 Å². The molecule has 0 saturated heterocycles. The molecule has 1 N–H and O–H groups in total. The van der Waals surface area contributed by atoms with Gasteiger partial charge in [0.05, 0.1) is 11.2 Å². The van der Waals surface area contributed by atoms with Gasteiger partial charge in [0, 0.05) is 23.5 Å². The van der Waals surface area contributed by atoms with Crippen molar-refractivity contribution >= 4 is 17.0 Å². The van der Waals surface area contributed by atoms with E-state index >= 15 is 0 Å². The summed E-state index contributed by atoms with van der Waals surface area (Å²) in [7, 11) is 0. The van der Waals surface area contributed by atoms with Crippen LogP contribution in [0.3, 0.4) is 0 Å². The zero-order chi connectivity index (χ0) is 12.4. The van der Waals surface area contributed by atoms with Gasteiger partial charge in [0.25, 0.3) is 0 Å². The van der Waals surface area contributed by atoms with E-state index in [0.717, 1.165) is 13.0 Å². The number of aryl methyl sites for hydroxylation is 3. The number of hydrogen-bond acceptors (Lipinski definition) is 3. The van der Waals surface area contributed by atoms with Crippen molar-refractivity contribution in [2.45, 2.75) is 32.6 Å². The standard InChI is InChI=1S/C15H18N2S/c1-11-15(18-10-17-11)7-8-16-14-6-5-12-3-2-4-13(12)9-14/h5-6,9-10,16H,2-4,7-8H2,1H3. The molecule has 1 aliphatic carbocycles. The Morgan fingerprint density at radius 2 is 2.17 bits per heavy atom. The molecule has 0 fully saturated rings. The quantitative estimate of drug-likeness (QED) is 0.906. The van der Waals surface area contributed by atoms with Gasteiger partial charge >= 0.3 is 0 Å². The fourth-order valence-corrected chi connectivity index (χ4v) is 3.35. The van der Waals surface area contributed by atoms with E-state index in [2.05, 4.69) is 35.4 Å². The number of benzene rings is 1. The van der Waals surface area contributed by atoms with Gasteiger partial charge in [0.1, 0.15) is 0 Å². The van der Waals surface area contributed by atoms with E-state index in [4.69, 9.17) is 0 Å². The summed E-state index contributed by atoms with van der Waals surface area (Å²) in [6.45, 7) is 3.07. The molecule has 2 nitrogen and oxygen atoms in total. The van der Waals surface area contributed by atoms with Gasteiger partial charge in [0.15, 0.2) is 0 Å². The first kappa shape index (κ1) is 11.7. The van der Waals surface area contributed by atoms with Gasteiger partial charge in [-0.15, -0.1) is 11.3 Å². The fourth-order valence-electron chi connectivity index (χ4n) is 2.57. The summed E-state index contributed by atoms with van der Waals surface area (Å²) in [6, 6.07) is 6.81. The maximum absolute atomic E-state index is 4.28. The van der Waals surface area contributed by atoms with Crippen LogP contribution in [0.2, 0.25) is 0 Å². The maximum Gasteiger partial charge on any atom is 0.0797 e. The maximum atomic E-state index is 4.28. The number of thiazole rings is 1. The van der Waals surface area contributed by atoms with Crippen LogP contribution in [0.5, 0.6) is 0 Å². The number of nitrogens with one attached hydrogen (secondary N) is 1. The summed E-state index contributed by atoms with van der Waals surface area (Å²) < 4.78 is 0. The van der Waals surface area contributed by atoms with Crippen molar-refractivity contribution in [2.75, 3.05) is 11.9 Å². The van der Waals surface area contributed by atoms with Gasteiger partial charge in [-0.05, 0) is 49.4 Å². The minimum Gasteiger partial charge on any atom is -0.385 e. The second-order valence-electron chi connectivity index (χ2n) is 4.87. The average molecular weight is 258 g/mol. The Labute approximate surface area is 112 Å². The monoisotopic (exact) mass is 258 g/mol. The largest absolute Gasteiger partial charge is 0.385 e. The number of nitrogens with zero attached hydrogens (tertiary/aromatic N) is 1. The van der Waals surface area contributed by atoms with Gasteiger partial charge in [-0.25, -0.2) is 4.98 Å². The predicted molar refractivity (Wildman–Crippen MR) is 77.5 cm³/mol. The van der Waals surface area contributed by atoms with Crippen molar-refractivity contribution in [2.24, 2.45) is 0 Å². The third-order valence-electron chi connectivity index (χ3n) is 3.62. The third-order valence-corrected chi connectivity index (χ3v) is 4.62. The van der Waals surface area contributed by atoms with E-state index in [1.165, 1.54) is 41.1 Å². The first-order valence-electron chi connectivity index (χ1n) is 6.57. The first-order valence-corrected chi connectivity index (χ1v) is 7.45. The SMILES string of the molecule is Cc1ncsc1CCNc1ccc2c(c1)CCC2. The Morgan fingerprint density at radius 1 is 1.28 bits per heavy atom. The Hall–Kier alpha value is -1.35. The number of hydrogen-bond donors (Lipinski definition) is 1. The van der Waals surface area contributed by atoms with Gasteiger partial charge < -0.3 is 5.32 Å². The third kappa shape index (κ3) is 2.41. The number of fused-ring (bicyclic) bond motifs is 1. The molecule has 0 unspecified atom stereocenters. The zero-order valence-electron chi connectivity index (χ0n) is 10.7. The van der Waals surface area contributed by atoms with Crippen LogP contribution in [0.25, 0.3) is 0 Å². The van der Waals surface area contributed by atoms with Crippen LogP contribution >= 0.6 is 11.3 Å². The Bertz CT molecular complexity index is 545. The molecule has 1 aromatic carbocycles. The topological polar surface area (TPSA) is 24.9 Å². The predicted octanol–water partition coefficient (Wildman–Crippen LogP) is 3.59. The molecule has 0 amide bonds. The first-order chi connectivity index (χ1) is 8.83. The number of aromatic nitrogens is 1. The van der Waals surface area contributed by atoms with Crippen molar-refractivity contribution in [1.82, 2.24) is 4.98 Å². The van der Waals surface area contributed by atoms with Crippen LogP contribution in [-0.2, 0) is 19.3 Å². The Kier molecular flexibility index (Phi) is 3.33. The lowest BCUT2D eigenvalue weighted by molar-refractivity contribution is 0.911. The summed E-state index contributed by atoms with van der Waals surface area (Å²) in [5.74, 6) is 0. The molecule has 0 spiro atoms. The lowest BCUT2D eigenvalue weighted by Crippen LogP contribution is -2.05. The lowest BCUT2D eigenvalue weighted by atomic mass is 10.1. The highest BCUT2D eigenvalue weighted by Gasteiger charge is 2.10. The molecule has 1 aliphatic rings. The van der Waals surface area contributed by atoms with E-state index < -0.39 is 0 Å². The summed E-state index contributed by atoms with van der Waals surface area (Å²) >= 11 is 1.75. The molecule has 0 bridgehead atoms. The van der Waals surface area contributed by atoms with Gasteiger partial charge in [0.2, 0.25) is 0 Å². The molecule has 94 valence electrons. The summed E-state index contributed by atoms with van der Waals surface area (Å²) in [4.78, 5) is 5.67. The Balaban J connectivity index is 1.59. The van der Waals surface area contributed by atoms with Gasteiger partial charge in [-0.2, -0.15) is 0 Å². The van der Waals surface area contributed by atoms with E-state index in [0.29, 0.717) is 0 Å². The van der Waals surface area contributed by atoms with E-state index in [9.17, 15) is 0 Å². The van der Waals surface area contributed by atoms with E-state index in [-0.39, 0.29) is 0 Å². The second-order valence-corrected chi connectivity index (χ2v) is 5.81. The highest BCUT2D eigenvalue weighted by molar-refractivity contribution is 7.09. The highest BCUT2D eigenvalue weighted by Crippen LogP contribution is 2.25. The average Bonchev–Trinajstić information content (AvgIpc) is 2.98. The van der Waals surface area contributed by atoms with Crippen molar-refractivity contribution in [1.29, 1.82) is 0 Å². The molecule has 0 aliphatic heterocycles. The summed E-state index contributed by atoms with van der Waals surface area (Å²) in [6.07, 6.45) is 4.89. The molecular formula is C15H18N2S. The molecule has 3 rings (SSSR count). The molecule has 1 aromatic heterocycles. The van der Waals surface area contributed by atoms with Crippen molar-refractivity contribution < 1.29 is 0 Å². The molecule has 1 heterocycles.